The fraction of sp³-hybridized carbons (Fsp3) is 0.143. The third-order valence-corrected chi connectivity index (χ3v) is 2.74. The van der Waals surface area contributed by atoms with Crippen molar-refractivity contribution >= 4 is 11.9 Å². The number of H-pyrrole nitrogens is 1. The molecule has 0 atom stereocenters. The molecule has 0 bridgehead atoms. The standard InChI is InChI=1S/C14H14N2O3/c17-13(18)8-10-4-1-2-5-11(10)9-16-14(19)12-6-3-7-15-12/h1-7,15H,8-9H2,(H,16,19)(H,17,18). The number of aromatic nitrogens is 1. The van der Waals surface area contributed by atoms with E-state index in [2.05, 4.69) is 10.3 Å². The topological polar surface area (TPSA) is 82.2 Å². The molecule has 0 saturated carbocycles. The second kappa shape index (κ2) is 5.86. The van der Waals surface area contributed by atoms with Gasteiger partial charge in [-0.15, -0.1) is 0 Å². The van der Waals surface area contributed by atoms with Crippen molar-refractivity contribution in [2.75, 3.05) is 0 Å². The van der Waals surface area contributed by atoms with Gasteiger partial charge in [-0.2, -0.15) is 0 Å². The van der Waals surface area contributed by atoms with Gasteiger partial charge in [0.15, 0.2) is 0 Å². The van der Waals surface area contributed by atoms with E-state index < -0.39 is 5.97 Å². The van der Waals surface area contributed by atoms with Crippen LogP contribution in [0.2, 0.25) is 0 Å². The van der Waals surface area contributed by atoms with Crippen LogP contribution < -0.4 is 5.32 Å². The van der Waals surface area contributed by atoms with Crippen LogP contribution in [0.3, 0.4) is 0 Å². The number of rotatable bonds is 5. The van der Waals surface area contributed by atoms with E-state index in [4.69, 9.17) is 5.11 Å². The van der Waals surface area contributed by atoms with Crippen molar-refractivity contribution in [1.29, 1.82) is 0 Å². The molecule has 2 aromatic rings. The second-order valence-electron chi connectivity index (χ2n) is 4.11. The Balaban J connectivity index is 2.03. The SMILES string of the molecule is O=C(O)Cc1ccccc1CNC(=O)c1ccc[nH]1. The van der Waals surface area contributed by atoms with Crippen LogP contribution in [0, 0.1) is 0 Å². The van der Waals surface area contributed by atoms with Gasteiger partial charge >= 0.3 is 5.97 Å². The van der Waals surface area contributed by atoms with Gasteiger partial charge in [0.2, 0.25) is 0 Å². The molecule has 0 spiro atoms. The summed E-state index contributed by atoms with van der Waals surface area (Å²) >= 11 is 0. The maximum Gasteiger partial charge on any atom is 0.307 e. The van der Waals surface area contributed by atoms with Crippen molar-refractivity contribution in [2.45, 2.75) is 13.0 Å². The maximum absolute atomic E-state index is 11.8. The minimum absolute atomic E-state index is 0.0471. The second-order valence-corrected chi connectivity index (χ2v) is 4.11. The Kier molecular flexibility index (Phi) is 3.97. The van der Waals surface area contributed by atoms with Gasteiger partial charge in [0.1, 0.15) is 5.69 Å². The zero-order valence-corrected chi connectivity index (χ0v) is 10.2. The molecule has 3 N–H and O–H groups in total. The minimum atomic E-state index is -0.886. The Morgan fingerprint density at radius 1 is 1.11 bits per heavy atom. The van der Waals surface area contributed by atoms with Crippen LogP contribution >= 0.6 is 0 Å². The van der Waals surface area contributed by atoms with E-state index in [1.54, 1.807) is 30.5 Å². The zero-order chi connectivity index (χ0) is 13.7. The fourth-order valence-corrected chi connectivity index (χ4v) is 1.81. The minimum Gasteiger partial charge on any atom is -0.481 e. The largest absolute Gasteiger partial charge is 0.481 e. The van der Waals surface area contributed by atoms with Crippen molar-refractivity contribution in [1.82, 2.24) is 10.3 Å². The van der Waals surface area contributed by atoms with Crippen molar-refractivity contribution in [3.63, 3.8) is 0 Å². The summed E-state index contributed by atoms with van der Waals surface area (Å²) in [7, 11) is 0. The van der Waals surface area contributed by atoms with Crippen LogP contribution in [0.4, 0.5) is 0 Å². The van der Waals surface area contributed by atoms with Gasteiger partial charge in [-0.25, -0.2) is 0 Å². The van der Waals surface area contributed by atoms with E-state index in [-0.39, 0.29) is 12.3 Å². The Labute approximate surface area is 110 Å². The molecule has 98 valence electrons. The number of nitrogens with one attached hydrogen (secondary N) is 2. The van der Waals surface area contributed by atoms with Crippen LogP contribution in [-0.2, 0) is 17.8 Å². The van der Waals surface area contributed by atoms with Crippen molar-refractivity contribution in [2.24, 2.45) is 0 Å². The van der Waals surface area contributed by atoms with Crippen LogP contribution in [0.15, 0.2) is 42.6 Å². The zero-order valence-electron chi connectivity index (χ0n) is 10.2. The fourth-order valence-electron chi connectivity index (χ4n) is 1.81. The van der Waals surface area contributed by atoms with Gasteiger partial charge in [-0.1, -0.05) is 24.3 Å². The molecule has 0 aliphatic rings. The van der Waals surface area contributed by atoms with E-state index in [0.717, 1.165) is 5.56 Å². The van der Waals surface area contributed by atoms with E-state index in [1.807, 2.05) is 12.1 Å². The first-order chi connectivity index (χ1) is 9.16. The van der Waals surface area contributed by atoms with Gasteiger partial charge < -0.3 is 15.4 Å². The number of carbonyl (C=O) groups is 2. The highest BCUT2D eigenvalue weighted by Gasteiger charge is 2.09. The number of carbonyl (C=O) groups excluding carboxylic acids is 1. The molecular formula is C14H14N2O3. The number of aromatic amines is 1. The number of aliphatic carboxylic acids is 1. The summed E-state index contributed by atoms with van der Waals surface area (Å²) in [6, 6.07) is 10.6. The lowest BCUT2D eigenvalue weighted by Crippen LogP contribution is -2.23. The number of carboxylic acid groups (broad SMARTS) is 1. The molecule has 19 heavy (non-hydrogen) atoms. The molecule has 0 aliphatic carbocycles. The van der Waals surface area contributed by atoms with E-state index >= 15 is 0 Å². The average molecular weight is 258 g/mol. The van der Waals surface area contributed by atoms with Crippen LogP contribution in [0.5, 0.6) is 0 Å². The van der Waals surface area contributed by atoms with Crippen molar-refractivity contribution < 1.29 is 14.7 Å². The predicted molar refractivity (Wildman–Crippen MR) is 69.7 cm³/mol. The van der Waals surface area contributed by atoms with Crippen molar-refractivity contribution in [3.05, 3.63) is 59.4 Å². The van der Waals surface area contributed by atoms with Crippen LogP contribution in [-0.4, -0.2) is 22.0 Å². The summed E-state index contributed by atoms with van der Waals surface area (Å²) in [4.78, 5) is 25.3. The molecule has 0 aliphatic heterocycles. The van der Waals surface area contributed by atoms with Crippen molar-refractivity contribution in [3.8, 4) is 0 Å². The van der Waals surface area contributed by atoms with Gasteiger partial charge in [0.05, 0.1) is 6.42 Å². The molecule has 1 heterocycles. The average Bonchev–Trinajstić information content (AvgIpc) is 2.90. The van der Waals surface area contributed by atoms with Gasteiger partial charge in [-0.05, 0) is 23.3 Å². The summed E-state index contributed by atoms with van der Waals surface area (Å²) in [6.45, 7) is 0.307. The third kappa shape index (κ3) is 3.45. The first-order valence-corrected chi connectivity index (χ1v) is 5.87. The molecular weight excluding hydrogens is 244 g/mol. The van der Waals surface area contributed by atoms with Gasteiger partial charge in [-0.3, -0.25) is 9.59 Å². The highest BCUT2D eigenvalue weighted by molar-refractivity contribution is 5.92. The maximum atomic E-state index is 11.8. The third-order valence-electron chi connectivity index (χ3n) is 2.74. The number of carboxylic acids is 1. The first-order valence-electron chi connectivity index (χ1n) is 5.87. The Morgan fingerprint density at radius 3 is 2.47 bits per heavy atom. The normalized spacial score (nSPS) is 10.1. The van der Waals surface area contributed by atoms with Crippen LogP contribution in [0.1, 0.15) is 21.6 Å². The summed E-state index contributed by atoms with van der Waals surface area (Å²) in [5.74, 6) is -1.10. The summed E-state index contributed by atoms with van der Waals surface area (Å²) in [5, 5.41) is 11.6. The monoisotopic (exact) mass is 258 g/mol. The molecule has 0 unspecified atom stereocenters. The van der Waals surface area contributed by atoms with E-state index in [1.165, 1.54) is 0 Å². The molecule has 0 saturated heterocycles. The molecule has 1 amide bonds. The van der Waals surface area contributed by atoms with Gasteiger partial charge in [0, 0.05) is 12.7 Å². The Hall–Kier alpha value is -2.56. The summed E-state index contributed by atoms with van der Waals surface area (Å²) in [6.07, 6.45) is 1.63. The highest BCUT2D eigenvalue weighted by atomic mass is 16.4. The molecule has 1 aromatic carbocycles. The molecule has 5 nitrogen and oxygen atoms in total. The lowest BCUT2D eigenvalue weighted by atomic mass is 10.0. The smallest absolute Gasteiger partial charge is 0.307 e. The summed E-state index contributed by atoms with van der Waals surface area (Å²) < 4.78 is 0. The Bertz CT molecular complexity index is 576. The number of hydrogen-bond acceptors (Lipinski definition) is 2. The molecule has 5 heteroatoms. The molecule has 0 fully saturated rings. The quantitative estimate of drug-likeness (QED) is 0.761. The lowest BCUT2D eigenvalue weighted by Gasteiger charge is -2.08. The van der Waals surface area contributed by atoms with Crippen LogP contribution in [0.25, 0.3) is 0 Å². The molecule has 2 rings (SSSR count). The number of benzene rings is 1. The molecule has 1 aromatic heterocycles. The number of amides is 1. The Morgan fingerprint density at radius 2 is 1.84 bits per heavy atom. The lowest BCUT2D eigenvalue weighted by molar-refractivity contribution is -0.136. The van der Waals surface area contributed by atoms with Gasteiger partial charge in [0.25, 0.3) is 5.91 Å². The predicted octanol–water partition coefficient (Wildman–Crippen LogP) is 1.57. The number of hydrogen-bond donors (Lipinski definition) is 3. The summed E-state index contributed by atoms with van der Waals surface area (Å²) in [5.41, 5.74) is 2.00. The van der Waals surface area contributed by atoms with E-state index in [9.17, 15) is 9.59 Å². The first kappa shape index (κ1) is 12.9. The van der Waals surface area contributed by atoms with E-state index in [0.29, 0.717) is 17.8 Å². The molecule has 0 radical (unpaired) electrons. The highest BCUT2D eigenvalue weighted by Crippen LogP contribution is 2.09.